The standard InChI is InChI=1S/C21H24N2O3/c24-19-12-16(13-23(19)14-18-8-4-11-26-18)20(25)22-15-21(9-5-10-21)17-6-2-1-3-7-17/h1-4,6-8,11,16H,5,9-10,12-15H2,(H,22,25)/t16-/m1/s1. The van der Waals surface area contributed by atoms with Gasteiger partial charge < -0.3 is 14.6 Å². The molecular weight excluding hydrogens is 328 g/mol. The zero-order valence-corrected chi connectivity index (χ0v) is 14.8. The summed E-state index contributed by atoms with van der Waals surface area (Å²) in [4.78, 5) is 26.6. The first-order chi connectivity index (χ1) is 12.7. The second-order valence-corrected chi connectivity index (χ2v) is 7.47. The summed E-state index contributed by atoms with van der Waals surface area (Å²) in [6, 6.07) is 14.1. The molecule has 0 spiro atoms. The van der Waals surface area contributed by atoms with Gasteiger partial charge in [0.05, 0.1) is 18.7 Å². The van der Waals surface area contributed by atoms with Crippen molar-refractivity contribution in [2.45, 2.75) is 37.6 Å². The second kappa shape index (κ2) is 6.98. The lowest BCUT2D eigenvalue weighted by Crippen LogP contribution is -2.47. The zero-order valence-electron chi connectivity index (χ0n) is 14.8. The topological polar surface area (TPSA) is 62.6 Å². The van der Waals surface area contributed by atoms with Crippen LogP contribution in [0.25, 0.3) is 0 Å². The molecule has 2 aromatic rings. The molecule has 1 N–H and O–H groups in total. The monoisotopic (exact) mass is 352 g/mol. The normalized spacial score (nSPS) is 21.5. The highest BCUT2D eigenvalue weighted by Crippen LogP contribution is 2.43. The average Bonchev–Trinajstić information content (AvgIpc) is 3.25. The number of carbonyl (C=O) groups excluding carboxylic acids is 2. The Morgan fingerprint density at radius 1 is 1.19 bits per heavy atom. The van der Waals surface area contributed by atoms with Gasteiger partial charge in [0.2, 0.25) is 11.8 Å². The van der Waals surface area contributed by atoms with Crippen molar-refractivity contribution < 1.29 is 14.0 Å². The summed E-state index contributed by atoms with van der Waals surface area (Å²) >= 11 is 0. The van der Waals surface area contributed by atoms with E-state index < -0.39 is 0 Å². The lowest BCUT2D eigenvalue weighted by Gasteiger charge is -2.42. The molecule has 1 aliphatic carbocycles. The molecule has 0 unspecified atom stereocenters. The van der Waals surface area contributed by atoms with Crippen molar-refractivity contribution in [2.75, 3.05) is 13.1 Å². The van der Waals surface area contributed by atoms with E-state index in [2.05, 4.69) is 29.6 Å². The minimum Gasteiger partial charge on any atom is -0.467 e. The Morgan fingerprint density at radius 3 is 2.65 bits per heavy atom. The SMILES string of the molecule is O=C(NCC1(c2ccccc2)CCC1)[C@@H]1CC(=O)N(Cc2ccco2)C1. The summed E-state index contributed by atoms with van der Waals surface area (Å²) in [5, 5.41) is 3.12. The Bertz CT molecular complexity index is 766. The van der Waals surface area contributed by atoms with Crippen molar-refractivity contribution in [3.8, 4) is 0 Å². The van der Waals surface area contributed by atoms with E-state index in [1.165, 1.54) is 12.0 Å². The van der Waals surface area contributed by atoms with Gasteiger partial charge in [0.15, 0.2) is 0 Å². The molecule has 1 saturated heterocycles. The highest BCUT2D eigenvalue weighted by Gasteiger charge is 2.40. The van der Waals surface area contributed by atoms with Crippen molar-refractivity contribution in [1.29, 1.82) is 0 Å². The number of rotatable bonds is 6. The summed E-state index contributed by atoms with van der Waals surface area (Å²) in [7, 11) is 0. The van der Waals surface area contributed by atoms with E-state index in [4.69, 9.17) is 4.42 Å². The second-order valence-electron chi connectivity index (χ2n) is 7.47. The molecule has 2 aliphatic rings. The van der Waals surface area contributed by atoms with E-state index >= 15 is 0 Å². The van der Waals surface area contributed by atoms with E-state index in [9.17, 15) is 9.59 Å². The Labute approximate surface area is 153 Å². The van der Waals surface area contributed by atoms with Crippen LogP contribution in [0.1, 0.15) is 37.0 Å². The van der Waals surface area contributed by atoms with Gasteiger partial charge in [0, 0.05) is 24.9 Å². The van der Waals surface area contributed by atoms with Crippen LogP contribution in [0.4, 0.5) is 0 Å². The quantitative estimate of drug-likeness (QED) is 0.869. The van der Waals surface area contributed by atoms with Crippen LogP contribution < -0.4 is 5.32 Å². The molecule has 4 rings (SSSR count). The predicted molar refractivity (Wildman–Crippen MR) is 97.2 cm³/mol. The maximum Gasteiger partial charge on any atom is 0.225 e. The van der Waals surface area contributed by atoms with E-state index in [0.717, 1.165) is 18.6 Å². The molecule has 0 radical (unpaired) electrons. The van der Waals surface area contributed by atoms with Crippen LogP contribution in [0.3, 0.4) is 0 Å². The Hall–Kier alpha value is -2.56. The summed E-state index contributed by atoms with van der Waals surface area (Å²) in [5.41, 5.74) is 1.36. The summed E-state index contributed by atoms with van der Waals surface area (Å²) in [6.45, 7) is 1.55. The third kappa shape index (κ3) is 3.26. The number of hydrogen-bond donors (Lipinski definition) is 1. The van der Waals surface area contributed by atoms with Gasteiger partial charge in [-0.2, -0.15) is 0 Å². The smallest absolute Gasteiger partial charge is 0.225 e. The van der Waals surface area contributed by atoms with Crippen molar-refractivity contribution in [2.24, 2.45) is 5.92 Å². The molecule has 26 heavy (non-hydrogen) atoms. The van der Waals surface area contributed by atoms with Crippen LogP contribution in [0.5, 0.6) is 0 Å². The molecule has 2 fully saturated rings. The van der Waals surface area contributed by atoms with Crippen LogP contribution in [0, 0.1) is 5.92 Å². The van der Waals surface area contributed by atoms with Crippen molar-refractivity contribution in [3.05, 3.63) is 60.1 Å². The van der Waals surface area contributed by atoms with E-state index in [1.54, 1.807) is 11.2 Å². The summed E-state index contributed by atoms with van der Waals surface area (Å²) in [6.07, 6.45) is 5.28. The average molecular weight is 352 g/mol. The van der Waals surface area contributed by atoms with Gasteiger partial charge in [-0.05, 0) is 30.5 Å². The summed E-state index contributed by atoms with van der Waals surface area (Å²) in [5.74, 6) is 0.479. The van der Waals surface area contributed by atoms with Crippen molar-refractivity contribution >= 4 is 11.8 Å². The number of benzene rings is 1. The zero-order chi connectivity index (χ0) is 18.0. The van der Waals surface area contributed by atoms with Crippen LogP contribution in [-0.2, 0) is 21.5 Å². The number of amides is 2. The van der Waals surface area contributed by atoms with E-state index in [0.29, 0.717) is 19.6 Å². The van der Waals surface area contributed by atoms with Gasteiger partial charge in [-0.25, -0.2) is 0 Å². The van der Waals surface area contributed by atoms with Crippen molar-refractivity contribution in [3.63, 3.8) is 0 Å². The van der Waals surface area contributed by atoms with Crippen LogP contribution in [-0.4, -0.2) is 29.8 Å². The van der Waals surface area contributed by atoms with Gasteiger partial charge in [-0.3, -0.25) is 9.59 Å². The number of likely N-dealkylation sites (tertiary alicyclic amines) is 1. The molecule has 1 atom stereocenters. The largest absolute Gasteiger partial charge is 0.467 e. The summed E-state index contributed by atoms with van der Waals surface area (Å²) < 4.78 is 5.31. The highest BCUT2D eigenvalue weighted by atomic mass is 16.3. The molecule has 1 aromatic heterocycles. The van der Waals surface area contributed by atoms with Crippen LogP contribution in [0.15, 0.2) is 53.1 Å². The third-order valence-electron chi connectivity index (χ3n) is 5.81. The first-order valence-electron chi connectivity index (χ1n) is 9.30. The number of nitrogens with one attached hydrogen (secondary N) is 1. The van der Waals surface area contributed by atoms with Gasteiger partial charge in [0.1, 0.15) is 5.76 Å². The minimum atomic E-state index is -0.273. The van der Waals surface area contributed by atoms with Gasteiger partial charge in [0.25, 0.3) is 0 Å². The molecule has 2 heterocycles. The minimum absolute atomic E-state index is 0.0116. The molecule has 5 nitrogen and oxygen atoms in total. The Kier molecular flexibility index (Phi) is 4.53. The first kappa shape index (κ1) is 16.9. The molecule has 0 bridgehead atoms. The van der Waals surface area contributed by atoms with Gasteiger partial charge in [-0.15, -0.1) is 0 Å². The third-order valence-corrected chi connectivity index (χ3v) is 5.81. The first-order valence-corrected chi connectivity index (χ1v) is 9.30. The van der Waals surface area contributed by atoms with Crippen LogP contribution in [0.2, 0.25) is 0 Å². The lowest BCUT2D eigenvalue weighted by atomic mass is 9.64. The molecule has 2 amide bonds. The van der Waals surface area contributed by atoms with E-state index in [1.807, 2.05) is 18.2 Å². The highest BCUT2D eigenvalue weighted by molar-refractivity contribution is 5.89. The molecule has 1 aromatic carbocycles. The molecule has 1 aliphatic heterocycles. The molecule has 5 heteroatoms. The number of carbonyl (C=O) groups is 2. The fraction of sp³-hybridized carbons (Fsp3) is 0.429. The fourth-order valence-corrected chi connectivity index (χ4v) is 4.05. The van der Waals surface area contributed by atoms with Gasteiger partial charge >= 0.3 is 0 Å². The van der Waals surface area contributed by atoms with Crippen molar-refractivity contribution in [1.82, 2.24) is 10.2 Å². The maximum atomic E-state index is 12.6. The molecule has 1 saturated carbocycles. The molecular formula is C21H24N2O3. The lowest BCUT2D eigenvalue weighted by molar-refractivity contribution is -0.129. The Balaban J connectivity index is 1.34. The van der Waals surface area contributed by atoms with Gasteiger partial charge in [-0.1, -0.05) is 36.8 Å². The fourth-order valence-electron chi connectivity index (χ4n) is 4.05. The predicted octanol–water partition coefficient (Wildman–Crippen LogP) is 2.87. The van der Waals surface area contributed by atoms with Crippen LogP contribution >= 0.6 is 0 Å². The number of nitrogens with zero attached hydrogens (tertiary/aromatic N) is 1. The number of hydrogen-bond acceptors (Lipinski definition) is 3. The molecule has 136 valence electrons. The number of furan rings is 1. The maximum absolute atomic E-state index is 12.6. The van der Waals surface area contributed by atoms with E-state index in [-0.39, 0.29) is 29.6 Å². The Morgan fingerprint density at radius 2 is 2.00 bits per heavy atom.